The Morgan fingerprint density at radius 1 is 1.42 bits per heavy atom. The van der Waals surface area contributed by atoms with Crippen LogP contribution < -0.4 is 10.5 Å². The van der Waals surface area contributed by atoms with Crippen molar-refractivity contribution in [3.63, 3.8) is 0 Å². The molecule has 132 valence electrons. The highest BCUT2D eigenvalue weighted by Gasteiger charge is 2.35. The van der Waals surface area contributed by atoms with E-state index in [1.165, 1.54) is 0 Å². The molecule has 0 aliphatic carbocycles. The molecule has 9 nitrogen and oxygen atoms in total. The Bertz CT molecular complexity index is 726. The number of imidazole rings is 1. The molecule has 3 heterocycles. The fourth-order valence-electron chi connectivity index (χ4n) is 2.58. The number of ether oxygens (including phenoxy) is 2. The first kappa shape index (κ1) is 16.9. The van der Waals surface area contributed by atoms with Crippen molar-refractivity contribution in [1.82, 2.24) is 19.5 Å². The first-order valence-corrected chi connectivity index (χ1v) is 7.86. The summed E-state index contributed by atoms with van der Waals surface area (Å²) in [4.78, 5) is 12.5. The lowest BCUT2D eigenvalue weighted by molar-refractivity contribution is -0.0431. The second kappa shape index (κ2) is 6.15. The van der Waals surface area contributed by atoms with Gasteiger partial charge in [0.05, 0.1) is 25.6 Å². The Morgan fingerprint density at radius 2 is 2.17 bits per heavy atom. The predicted octanol–water partition coefficient (Wildman–Crippen LogP) is 0.474. The number of fused-ring (bicyclic) bond motifs is 1. The molecule has 9 heteroatoms. The van der Waals surface area contributed by atoms with Crippen molar-refractivity contribution < 1.29 is 19.7 Å². The van der Waals surface area contributed by atoms with Gasteiger partial charge in [-0.1, -0.05) is 20.8 Å². The highest BCUT2D eigenvalue weighted by atomic mass is 16.5. The van der Waals surface area contributed by atoms with Gasteiger partial charge in [-0.3, -0.25) is 4.57 Å². The van der Waals surface area contributed by atoms with Gasteiger partial charge in [0.1, 0.15) is 12.3 Å². The average Bonchev–Trinajstić information content (AvgIpc) is 3.06. The van der Waals surface area contributed by atoms with E-state index in [1.54, 1.807) is 10.9 Å². The monoisotopic (exact) mass is 337 g/mol. The third kappa shape index (κ3) is 3.28. The standard InChI is InChI=1S/C15H23N5O4/c1-15(2,3)6-23-13-11-12(18-14(16)19-13)17-7-20(11)10-4-8(22)9(5-21)24-10/h7-10,21-22H,4-6H2,1-3H3,(H2,16,18,19)/t8-,9+,10+/m0/s1. The normalized spacial score (nSPS) is 24.6. The van der Waals surface area contributed by atoms with Crippen molar-refractivity contribution in [2.75, 3.05) is 18.9 Å². The molecule has 0 radical (unpaired) electrons. The van der Waals surface area contributed by atoms with Crippen LogP contribution in [0, 0.1) is 5.41 Å². The molecule has 3 atom stereocenters. The van der Waals surface area contributed by atoms with Gasteiger partial charge in [0.25, 0.3) is 0 Å². The van der Waals surface area contributed by atoms with Crippen molar-refractivity contribution in [1.29, 1.82) is 0 Å². The van der Waals surface area contributed by atoms with Crippen molar-refractivity contribution in [2.45, 2.75) is 45.6 Å². The van der Waals surface area contributed by atoms with Crippen LogP contribution in [-0.4, -0.2) is 55.2 Å². The minimum absolute atomic E-state index is 0.0566. The van der Waals surface area contributed by atoms with E-state index >= 15 is 0 Å². The predicted molar refractivity (Wildman–Crippen MR) is 86.3 cm³/mol. The number of nitrogens with two attached hydrogens (primary N) is 1. The molecule has 0 aromatic carbocycles. The second-order valence-corrected chi connectivity index (χ2v) is 7.18. The zero-order valence-electron chi connectivity index (χ0n) is 14.0. The average molecular weight is 337 g/mol. The van der Waals surface area contributed by atoms with Crippen LogP contribution in [0.1, 0.15) is 33.4 Å². The van der Waals surface area contributed by atoms with Gasteiger partial charge in [0.15, 0.2) is 11.2 Å². The molecule has 0 spiro atoms. The Kier molecular flexibility index (Phi) is 4.33. The van der Waals surface area contributed by atoms with Crippen LogP contribution in [0.5, 0.6) is 5.88 Å². The van der Waals surface area contributed by atoms with Gasteiger partial charge in [0.2, 0.25) is 11.8 Å². The Morgan fingerprint density at radius 3 is 2.79 bits per heavy atom. The van der Waals surface area contributed by atoms with E-state index in [0.717, 1.165) is 0 Å². The van der Waals surface area contributed by atoms with Gasteiger partial charge in [-0.25, -0.2) is 4.98 Å². The van der Waals surface area contributed by atoms with Crippen molar-refractivity contribution in [3.8, 4) is 5.88 Å². The Hall–Kier alpha value is -1.97. The van der Waals surface area contributed by atoms with Gasteiger partial charge < -0.3 is 25.4 Å². The SMILES string of the molecule is CC(C)(C)COc1nc(N)nc2ncn([C@H]3C[C@H](O)[C@@H](CO)O3)c12. The maximum Gasteiger partial charge on any atom is 0.245 e. The Labute approximate surface area is 139 Å². The lowest BCUT2D eigenvalue weighted by Crippen LogP contribution is -2.24. The summed E-state index contributed by atoms with van der Waals surface area (Å²) in [7, 11) is 0. The quantitative estimate of drug-likeness (QED) is 0.734. The van der Waals surface area contributed by atoms with Crippen LogP contribution in [-0.2, 0) is 4.74 Å². The summed E-state index contributed by atoms with van der Waals surface area (Å²) >= 11 is 0. The largest absolute Gasteiger partial charge is 0.475 e. The van der Waals surface area contributed by atoms with Crippen LogP contribution in [0.15, 0.2) is 6.33 Å². The molecule has 0 unspecified atom stereocenters. The number of aromatic nitrogens is 4. The molecule has 0 saturated carbocycles. The van der Waals surface area contributed by atoms with E-state index in [2.05, 4.69) is 15.0 Å². The minimum atomic E-state index is -0.744. The van der Waals surface area contributed by atoms with Crippen LogP contribution in [0.25, 0.3) is 11.2 Å². The fourth-order valence-corrected chi connectivity index (χ4v) is 2.58. The van der Waals surface area contributed by atoms with E-state index in [-0.39, 0.29) is 18.0 Å². The summed E-state index contributed by atoms with van der Waals surface area (Å²) in [5.74, 6) is 0.410. The number of nitrogens with zero attached hydrogens (tertiary/aromatic N) is 4. The Balaban J connectivity index is 1.98. The van der Waals surface area contributed by atoms with Crippen molar-refractivity contribution in [2.24, 2.45) is 5.41 Å². The van der Waals surface area contributed by atoms with Gasteiger partial charge in [-0.05, 0) is 5.41 Å². The van der Waals surface area contributed by atoms with E-state index in [9.17, 15) is 10.2 Å². The molecule has 24 heavy (non-hydrogen) atoms. The van der Waals surface area contributed by atoms with Crippen LogP contribution in [0.2, 0.25) is 0 Å². The smallest absolute Gasteiger partial charge is 0.245 e. The number of aliphatic hydroxyl groups excluding tert-OH is 2. The third-order valence-corrected chi connectivity index (χ3v) is 3.75. The molecule has 1 saturated heterocycles. The molecule has 2 aromatic heterocycles. The molecular formula is C15H23N5O4. The van der Waals surface area contributed by atoms with Gasteiger partial charge in [0, 0.05) is 6.42 Å². The molecule has 0 bridgehead atoms. The molecule has 3 rings (SSSR count). The molecule has 0 amide bonds. The van der Waals surface area contributed by atoms with Crippen LogP contribution >= 0.6 is 0 Å². The molecule has 4 N–H and O–H groups in total. The lowest BCUT2D eigenvalue weighted by Gasteiger charge is -2.20. The number of hydrogen-bond donors (Lipinski definition) is 3. The number of anilines is 1. The van der Waals surface area contributed by atoms with E-state index in [4.69, 9.17) is 15.2 Å². The number of nitrogen functional groups attached to an aromatic ring is 1. The number of aliphatic hydroxyl groups is 2. The number of hydrogen-bond acceptors (Lipinski definition) is 8. The van der Waals surface area contributed by atoms with Crippen LogP contribution in [0.4, 0.5) is 5.95 Å². The summed E-state index contributed by atoms with van der Waals surface area (Å²) in [5.41, 5.74) is 6.64. The van der Waals surface area contributed by atoms with E-state index in [0.29, 0.717) is 30.1 Å². The van der Waals surface area contributed by atoms with E-state index in [1.807, 2.05) is 20.8 Å². The molecular weight excluding hydrogens is 314 g/mol. The van der Waals surface area contributed by atoms with Gasteiger partial charge in [-0.15, -0.1) is 0 Å². The highest BCUT2D eigenvalue weighted by Crippen LogP contribution is 2.34. The van der Waals surface area contributed by atoms with Gasteiger partial charge in [-0.2, -0.15) is 9.97 Å². The zero-order chi connectivity index (χ0) is 17.5. The number of rotatable bonds is 4. The summed E-state index contributed by atoms with van der Waals surface area (Å²) < 4.78 is 13.2. The zero-order valence-corrected chi connectivity index (χ0v) is 14.0. The molecule has 1 aliphatic rings. The maximum atomic E-state index is 9.95. The first-order chi connectivity index (χ1) is 11.3. The summed E-state index contributed by atoms with van der Waals surface area (Å²) in [5, 5.41) is 19.2. The van der Waals surface area contributed by atoms with Crippen LogP contribution in [0.3, 0.4) is 0 Å². The van der Waals surface area contributed by atoms with Crippen molar-refractivity contribution in [3.05, 3.63) is 6.33 Å². The second-order valence-electron chi connectivity index (χ2n) is 7.18. The minimum Gasteiger partial charge on any atom is -0.475 e. The molecule has 1 aliphatic heterocycles. The lowest BCUT2D eigenvalue weighted by atomic mass is 9.99. The molecule has 1 fully saturated rings. The maximum absolute atomic E-state index is 9.95. The first-order valence-electron chi connectivity index (χ1n) is 7.86. The topological polar surface area (TPSA) is 129 Å². The summed E-state index contributed by atoms with van der Waals surface area (Å²) in [6.45, 7) is 6.34. The van der Waals surface area contributed by atoms with Crippen molar-refractivity contribution >= 4 is 17.1 Å². The fraction of sp³-hybridized carbons (Fsp3) is 0.667. The summed E-state index contributed by atoms with van der Waals surface area (Å²) in [6.07, 6.45) is 0.0400. The highest BCUT2D eigenvalue weighted by molar-refractivity contribution is 5.77. The molecule has 2 aromatic rings. The summed E-state index contributed by atoms with van der Waals surface area (Å²) in [6, 6.07) is 0. The third-order valence-electron chi connectivity index (χ3n) is 3.75. The van der Waals surface area contributed by atoms with E-state index < -0.39 is 18.4 Å². The van der Waals surface area contributed by atoms with Gasteiger partial charge >= 0.3 is 0 Å².